The number of nitrogens with zero attached hydrogens (tertiary/aromatic N) is 3. The fourth-order valence-corrected chi connectivity index (χ4v) is 0.787. The Morgan fingerprint density at radius 2 is 2.46 bits per heavy atom. The molecule has 0 saturated carbocycles. The van der Waals surface area contributed by atoms with Gasteiger partial charge in [0.2, 0.25) is 5.91 Å². The molecule has 0 fully saturated rings. The van der Waals surface area contributed by atoms with Crippen LogP contribution >= 0.6 is 12.2 Å². The number of carbonyl (C=O) groups is 1. The van der Waals surface area contributed by atoms with Gasteiger partial charge in [-0.15, -0.1) is 10.2 Å². The number of rotatable bonds is 4. The second-order valence-corrected chi connectivity index (χ2v) is 2.77. The van der Waals surface area contributed by atoms with Crippen molar-refractivity contribution in [1.82, 2.24) is 25.9 Å². The van der Waals surface area contributed by atoms with E-state index in [1.165, 1.54) is 0 Å². The van der Waals surface area contributed by atoms with Crippen molar-refractivity contribution in [3.05, 3.63) is 5.82 Å². The molecule has 8 heteroatoms. The summed E-state index contributed by atoms with van der Waals surface area (Å²) in [6, 6.07) is 0. The summed E-state index contributed by atoms with van der Waals surface area (Å²) in [4.78, 5) is 11.1. The van der Waals surface area contributed by atoms with Crippen LogP contribution < -0.4 is 11.1 Å². The number of carbonyl (C=O) groups excluding carboxylic acids is 1. The highest BCUT2D eigenvalue weighted by molar-refractivity contribution is 7.80. The summed E-state index contributed by atoms with van der Waals surface area (Å²) in [5.74, 6) is 0.161. The van der Waals surface area contributed by atoms with Gasteiger partial charge in [-0.3, -0.25) is 4.79 Å². The largest absolute Gasteiger partial charge is 0.393 e. The van der Waals surface area contributed by atoms with Crippen LogP contribution in [-0.2, 0) is 11.3 Å². The molecule has 13 heavy (non-hydrogen) atoms. The molecule has 0 aliphatic rings. The van der Waals surface area contributed by atoms with E-state index in [1.807, 2.05) is 0 Å². The normalized spacial score (nSPS) is 9.54. The minimum Gasteiger partial charge on any atom is -0.393 e. The molecule has 0 aliphatic carbocycles. The van der Waals surface area contributed by atoms with E-state index in [2.05, 4.69) is 38.2 Å². The quantitative estimate of drug-likeness (QED) is 0.510. The number of tetrazole rings is 1. The predicted molar refractivity (Wildman–Crippen MR) is 47.4 cm³/mol. The fraction of sp³-hybridized carbons (Fsp3) is 0.400. The molecule has 0 spiro atoms. The highest BCUT2D eigenvalue weighted by atomic mass is 32.1. The molecule has 1 aromatic heterocycles. The lowest BCUT2D eigenvalue weighted by Crippen LogP contribution is -2.27. The van der Waals surface area contributed by atoms with Crippen LogP contribution in [0.4, 0.5) is 0 Å². The van der Waals surface area contributed by atoms with Crippen molar-refractivity contribution < 1.29 is 4.79 Å². The zero-order valence-electron chi connectivity index (χ0n) is 6.65. The molecule has 4 N–H and O–H groups in total. The molecule has 1 rings (SSSR count). The topological polar surface area (TPSA) is 110 Å². The van der Waals surface area contributed by atoms with E-state index >= 15 is 0 Å². The summed E-state index contributed by atoms with van der Waals surface area (Å²) < 4.78 is 0. The Labute approximate surface area is 79.1 Å². The molecule has 7 nitrogen and oxygen atoms in total. The SMILES string of the molecule is NC(=S)CC(=O)NCc1nn[nH]n1. The van der Waals surface area contributed by atoms with E-state index in [1.54, 1.807) is 0 Å². The van der Waals surface area contributed by atoms with Crippen molar-refractivity contribution in [2.45, 2.75) is 13.0 Å². The van der Waals surface area contributed by atoms with Gasteiger partial charge in [-0.1, -0.05) is 17.4 Å². The maximum absolute atomic E-state index is 11.0. The smallest absolute Gasteiger partial charge is 0.227 e. The van der Waals surface area contributed by atoms with Crippen molar-refractivity contribution in [1.29, 1.82) is 0 Å². The number of nitrogens with one attached hydrogen (secondary N) is 2. The molecule has 0 bridgehead atoms. The number of aromatic nitrogens is 4. The minimum absolute atomic E-state index is 0.0349. The Bertz CT molecular complexity index is 296. The maximum atomic E-state index is 11.0. The Hall–Kier alpha value is -1.57. The van der Waals surface area contributed by atoms with Crippen molar-refractivity contribution in [3.8, 4) is 0 Å². The van der Waals surface area contributed by atoms with Crippen LogP contribution in [0.3, 0.4) is 0 Å². The maximum Gasteiger partial charge on any atom is 0.227 e. The second-order valence-electron chi connectivity index (χ2n) is 2.25. The van der Waals surface area contributed by atoms with Crippen molar-refractivity contribution >= 4 is 23.1 Å². The number of thiocarbonyl (C=S) groups is 1. The van der Waals surface area contributed by atoms with Gasteiger partial charge in [0, 0.05) is 0 Å². The van der Waals surface area contributed by atoms with Crippen LogP contribution in [0, 0.1) is 0 Å². The molecule has 1 amide bonds. The van der Waals surface area contributed by atoms with Crippen LogP contribution in [-0.4, -0.2) is 31.5 Å². The van der Waals surface area contributed by atoms with Gasteiger partial charge < -0.3 is 11.1 Å². The zero-order valence-corrected chi connectivity index (χ0v) is 7.47. The van der Waals surface area contributed by atoms with Gasteiger partial charge in [0.1, 0.15) is 0 Å². The third-order valence-electron chi connectivity index (χ3n) is 1.17. The Morgan fingerprint density at radius 3 is 3.00 bits per heavy atom. The monoisotopic (exact) mass is 200 g/mol. The lowest BCUT2D eigenvalue weighted by Gasteiger charge is -1.99. The summed E-state index contributed by atoms with van der Waals surface area (Å²) in [6.07, 6.45) is 0.0349. The van der Waals surface area contributed by atoms with E-state index < -0.39 is 0 Å². The number of H-pyrrole nitrogens is 1. The molecule has 0 radical (unpaired) electrons. The average molecular weight is 200 g/mol. The van der Waals surface area contributed by atoms with E-state index in [4.69, 9.17) is 5.73 Å². The van der Waals surface area contributed by atoms with Crippen LogP contribution in [0.1, 0.15) is 12.2 Å². The summed E-state index contributed by atoms with van der Waals surface area (Å²) in [5.41, 5.74) is 5.16. The van der Waals surface area contributed by atoms with Crippen molar-refractivity contribution in [2.75, 3.05) is 0 Å². The minimum atomic E-state index is -0.252. The molecular weight excluding hydrogens is 192 g/mol. The molecule has 0 saturated heterocycles. The Kier molecular flexibility index (Phi) is 3.26. The summed E-state index contributed by atoms with van der Waals surface area (Å²) >= 11 is 4.55. The van der Waals surface area contributed by atoms with E-state index in [-0.39, 0.29) is 23.9 Å². The predicted octanol–water partition coefficient (Wildman–Crippen LogP) is -1.51. The third kappa shape index (κ3) is 3.56. The highest BCUT2D eigenvalue weighted by Crippen LogP contribution is 1.84. The molecule has 0 atom stereocenters. The average Bonchev–Trinajstić information content (AvgIpc) is 2.51. The van der Waals surface area contributed by atoms with Crippen LogP contribution in [0.2, 0.25) is 0 Å². The van der Waals surface area contributed by atoms with E-state index in [0.717, 1.165) is 0 Å². The number of nitrogens with two attached hydrogens (primary N) is 1. The molecular formula is C5H8N6OS. The van der Waals surface area contributed by atoms with Gasteiger partial charge in [-0.2, -0.15) is 5.21 Å². The number of hydrogen-bond acceptors (Lipinski definition) is 5. The van der Waals surface area contributed by atoms with Crippen LogP contribution in [0.25, 0.3) is 0 Å². The van der Waals surface area contributed by atoms with Gasteiger partial charge in [-0.05, 0) is 0 Å². The van der Waals surface area contributed by atoms with Gasteiger partial charge >= 0.3 is 0 Å². The fourth-order valence-electron chi connectivity index (χ4n) is 0.656. The van der Waals surface area contributed by atoms with Crippen molar-refractivity contribution in [3.63, 3.8) is 0 Å². The summed E-state index contributed by atoms with van der Waals surface area (Å²) in [6.45, 7) is 0.220. The first kappa shape index (κ1) is 9.52. The van der Waals surface area contributed by atoms with Crippen molar-refractivity contribution in [2.24, 2.45) is 5.73 Å². The first-order valence-corrected chi connectivity index (χ1v) is 3.86. The van der Waals surface area contributed by atoms with Gasteiger partial charge in [0.05, 0.1) is 18.0 Å². The number of amides is 1. The van der Waals surface area contributed by atoms with Gasteiger partial charge in [0.15, 0.2) is 5.82 Å². The first-order valence-electron chi connectivity index (χ1n) is 3.46. The lowest BCUT2D eigenvalue weighted by atomic mass is 10.4. The lowest BCUT2D eigenvalue weighted by molar-refractivity contribution is -0.120. The Balaban J connectivity index is 2.27. The van der Waals surface area contributed by atoms with E-state index in [9.17, 15) is 4.79 Å². The number of hydrogen-bond donors (Lipinski definition) is 3. The summed E-state index contributed by atoms with van der Waals surface area (Å²) in [5, 5.41) is 15.4. The standard InChI is InChI=1S/C5H8N6OS/c6-3(13)1-5(12)7-2-4-8-10-11-9-4/h1-2H2,(H2,6,13)(H,7,12)(H,8,9,10,11). The Morgan fingerprint density at radius 1 is 1.69 bits per heavy atom. The molecule has 0 aromatic carbocycles. The van der Waals surface area contributed by atoms with Gasteiger partial charge in [-0.25, -0.2) is 0 Å². The zero-order chi connectivity index (χ0) is 9.68. The third-order valence-corrected chi connectivity index (χ3v) is 1.31. The molecule has 70 valence electrons. The summed E-state index contributed by atoms with van der Waals surface area (Å²) in [7, 11) is 0. The molecule has 1 heterocycles. The van der Waals surface area contributed by atoms with Crippen LogP contribution in [0.15, 0.2) is 0 Å². The molecule has 0 unspecified atom stereocenters. The van der Waals surface area contributed by atoms with Crippen LogP contribution in [0.5, 0.6) is 0 Å². The van der Waals surface area contributed by atoms with Gasteiger partial charge in [0.25, 0.3) is 0 Å². The van der Waals surface area contributed by atoms with E-state index in [0.29, 0.717) is 5.82 Å². The molecule has 0 aliphatic heterocycles. The second kappa shape index (κ2) is 4.45. The highest BCUT2D eigenvalue weighted by Gasteiger charge is 2.04. The number of aromatic amines is 1. The molecule has 1 aromatic rings. The first-order chi connectivity index (χ1) is 6.18.